The van der Waals surface area contributed by atoms with Gasteiger partial charge in [0, 0.05) is 37.9 Å². The molecule has 1 fully saturated rings. The number of carbonyl (C=O) groups excluding carboxylic acids is 2. The Balaban J connectivity index is 1.55. The van der Waals surface area contributed by atoms with Crippen molar-refractivity contribution in [2.75, 3.05) is 42.9 Å². The number of hydrogen-bond acceptors (Lipinski definition) is 6. The van der Waals surface area contributed by atoms with Crippen molar-refractivity contribution in [2.24, 2.45) is 5.73 Å². The van der Waals surface area contributed by atoms with Crippen LogP contribution in [-0.2, 0) is 4.79 Å². The minimum absolute atomic E-state index is 0.161. The van der Waals surface area contributed by atoms with E-state index in [2.05, 4.69) is 25.1 Å². The van der Waals surface area contributed by atoms with Crippen molar-refractivity contribution in [3.05, 3.63) is 47.4 Å². The third kappa shape index (κ3) is 4.79. The number of aryl methyl sites for hydroxylation is 2. The number of nitrogens with two attached hydrogens (primary N) is 1. The van der Waals surface area contributed by atoms with Crippen molar-refractivity contribution in [1.82, 2.24) is 14.9 Å². The molecule has 2 heterocycles. The monoisotopic (exact) mass is 368 g/mol. The van der Waals surface area contributed by atoms with Crippen molar-refractivity contribution < 1.29 is 9.59 Å². The Labute approximate surface area is 158 Å². The van der Waals surface area contributed by atoms with E-state index in [-0.39, 0.29) is 12.5 Å². The van der Waals surface area contributed by atoms with Crippen molar-refractivity contribution >= 4 is 23.3 Å². The second-order valence-electron chi connectivity index (χ2n) is 6.64. The summed E-state index contributed by atoms with van der Waals surface area (Å²) in [6, 6.07) is 8.73. The summed E-state index contributed by atoms with van der Waals surface area (Å²) in [6.07, 6.45) is 0. The number of nitrogens with zero attached hydrogens (tertiary/aromatic N) is 4. The molecule has 1 aliphatic rings. The van der Waals surface area contributed by atoms with E-state index in [9.17, 15) is 9.59 Å². The zero-order chi connectivity index (χ0) is 19.4. The van der Waals surface area contributed by atoms with Gasteiger partial charge in [0.1, 0.15) is 11.6 Å². The third-order valence-corrected chi connectivity index (χ3v) is 4.48. The fourth-order valence-corrected chi connectivity index (χ4v) is 3.19. The van der Waals surface area contributed by atoms with Gasteiger partial charge < -0.3 is 16.0 Å². The highest BCUT2D eigenvalue weighted by Gasteiger charge is 2.21. The van der Waals surface area contributed by atoms with Crippen molar-refractivity contribution in [3.8, 4) is 0 Å². The molecule has 27 heavy (non-hydrogen) atoms. The number of carbonyl (C=O) groups is 2. The summed E-state index contributed by atoms with van der Waals surface area (Å²) in [7, 11) is 0. The Morgan fingerprint density at radius 3 is 2.48 bits per heavy atom. The fourth-order valence-electron chi connectivity index (χ4n) is 3.19. The third-order valence-electron chi connectivity index (χ3n) is 4.48. The van der Waals surface area contributed by atoms with E-state index in [4.69, 9.17) is 5.73 Å². The van der Waals surface area contributed by atoms with Crippen LogP contribution in [0.5, 0.6) is 0 Å². The predicted molar refractivity (Wildman–Crippen MR) is 104 cm³/mol. The number of rotatable bonds is 5. The van der Waals surface area contributed by atoms with Crippen LogP contribution in [0.1, 0.15) is 21.9 Å². The van der Waals surface area contributed by atoms with Crippen molar-refractivity contribution in [2.45, 2.75) is 13.8 Å². The van der Waals surface area contributed by atoms with Crippen molar-refractivity contribution in [1.29, 1.82) is 0 Å². The molecule has 8 nitrogen and oxygen atoms in total. The first kappa shape index (κ1) is 18.8. The number of piperazine rings is 1. The summed E-state index contributed by atoms with van der Waals surface area (Å²) in [5.41, 5.74) is 7.06. The standard InChI is InChI=1S/C19H24N6O2/c1-13-11-17(22-14(2)21-13)25-9-7-24(8-10-25)12-18(26)23-16-6-4-3-5-15(16)19(20)27/h3-6,11H,7-10,12H2,1-2H3,(H2,20,27)(H,23,26). The first-order valence-corrected chi connectivity index (χ1v) is 8.90. The molecule has 0 aliphatic carbocycles. The first-order chi connectivity index (χ1) is 12.9. The Morgan fingerprint density at radius 2 is 1.81 bits per heavy atom. The fraction of sp³-hybridized carbons (Fsp3) is 0.368. The summed E-state index contributed by atoms with van der Waals surface area (Å²) in [4.78, 5) is 36.9. The summed E-state index contributed by atoms with van der Waals surface area (Å²) >= 11 is 0. The normalized spacial score (nSPS) is 14.8. The Hall–Kier alpha value is -3.00. The molecule has 1 aliphatic heterocycles. The van der Waals surface area contributed by atoms with Gasteiger partial charge in [-0.3, -0.25) is 14.5 Å². The molecule has 142 valence electrons. The highest BCUT2D eigenvalue weighted by atomic mass is 16.2. The molecule has 1 aromatic carbocycles. The number of nitrogens with one attached hydrogen (secondary N) is 1. The molecular weight excluding hydrogens is 344 g/mol. The van der Waals surface area contributed by atoms with Gasteiger partial charge in [0.2, 0.25) is 5.91 Å². The molecule has 3 N–H and O–H groups in total. The van der Waals surface area contributed by atoms with Gasteiger partial charge in [-0.15, -0.1) is 0 Å². The van der Waals surface area contributed by atoms with Crippen LogP contribution in [-0.4, -0.2) is 59.4 Å². The molecule has 8 heteroatoms. The van der Waals surface area contributed by atoms with E-state index in [1.165, 1.54) is 0 Å². The number of para-hydroxylation sites is 1. The lowest BCUT2D eigenvalue weighted by Crippen LogP contribution is -2.49. The molecule has 2 aromatic rings. The first-order valence-electron chi connectivity index (χ1n) is 8.90. The number of amides is 2. The number of hydrogen-bond donors (Lipinski definition) is 2. The van der Waals surface area contributed by atoms with Crippen LogP contribution in [0.15, 0.2) is 30.3 Å². The molecule has 3 rings (SSSR count). The van der Waals surface area contributed by atoms with Gasteiger partial charge in [-0.1, -0.05) is 12.1 Å². The average molecular weight is 368 g/mol. The van der Waals surface area contributed by atoms with Crippen LogP contribution >= 0.6 is 0 Å². The lowest BCUT2D eigenvalue weighted by molar-refractivity contribution is -0.117. The van der Waals surface area contributed by atoms with Gasteiger partial charge in [-0.2, -0.15) is 0 Å². The Bertz CT molecular complexity index is 826. The van der Waals surface area contributed by atoms with Crippen LogP contribution < -0.4 is 16.0 Å². The van der Waals surface area contributed by atoms with E-state index in [1.54, 1.807) is 24.3 Å². The summed E-state index contributed by atoms with van der Waals surface area (Å²) in [5.74, 6) is 0.972. The van der Waals surface area contributed by atoms with Gasteiger partial charge >= 0.3 is 0 Å². The summed E-state index contributed by atoms with van der Waals surface area (Å²) in [5, 5.41) is 2.78. The maximum atomic E-state index is 12.4. The smallest absolute Gasteiger partial charge is 0.250 e. The molecule has 0 bridgehead atoms. The molecule has 0 spiro atoms. The molecule has 0 unspecified atom stereocenters. The van der Waals surface area contributed by atoms with Crippen LogP contribution in [0.3, 0.4) is 0 Å². The second-order valence-corrected chi connectivity index (χ2v) is 6.64. The maximum Gasteiger partial charge on any atom is 0.250 e. The second kappa shape index (κ2) is 8.13. The molecule has 1 aromatic heterocycles. The molecule has 2 amide bonds. The van der Waals surface area contributed by atoms with Crippen LogP contribution in [0.2, 0.25) is 0 Å². The minimum atomic E-state index is -0.560. The number of primary amides is 1. The van der Waals surface area contributed by atoms with E-state index in [0.717, 1.165) is 43.5 Å². The zero-order valence-corrected chi connectivity index (χ0v) is 15.6. The van der Waals surface area contributed by atoms with Crippen LogP contribution in [0.25, 0.3) is 0 Å². The lowest BCUT2D eigenvalue weighted by Gasteiger charge is -2.35. The van der Waals surface area contributed by atoms with E-state index in [0.29, 0.717) is 11.3 Å². The Kier molecular flexibility index (Phi) is 5.66. The van der Waals surface area contributed by atoms with Crippen LogP contribution in [0.4, 0.5) is 11.5 Å². The van der Waals surface area contributed by atoms with Gasteiger partial charge in [0.25, 0.3) is 5.91 Å². The van der Waals surface area contributed by atoms with E-state index in [1.807, 2.05) is 19.9 Å². The van der Waals surface area contributed by atoms with E-state index >= 15 is 0 Å². The predicted octanol–water partition coefficient (Wildman–Crippen LogP) is 0.953. The van der Waals surface area contributed by atoms with Gasteiger partial charge in [-0.05, 0) is 26.0 Å². The Morgan fingerprint density at radius 1 is 1.11 bits per heavy atom. The molecular formula is C19H24N6O2. The maximum absolute atomic E-state index is 12.4. The largest absolute Gasteiger partial charge is 0.366 e. The highest BCUT2D eigenvalue weighted by Crippen LogP contribution is 2.16. The quantitative estimate of drug-likeness (QED) is 0.814. The van der Waals surface area contributed by atoms with Gasteiger partial charge in [0.15, 0.2) is 0 Å². The van der Waals surface area contributed by atoms with Gasteiger partial charge in [0.05, 0.1) is 17.8 Å². The number of anilines is 2. The highest BCUT2D eigenvalue weighted by molar-refractivity contribution is 6.03. The van der Waals surface area contributed by atoms with Crippen molar-refractivity contribution in [3.63, 3.8) is 0 Å². The average Bonchev–Trinajstić information content (AvgIpc) is 2.61. The number of benzene rings is 1. The summed E-state index contributed by atoms with van der Waals surface area (Å²) in [6.45, 7) is 7.22. The van der Waals surface area contributed by atoms with Gasteiger partial charge in [-0.25, -0.2) is 9.97 Å². The van der Waals surface area contributed by atoms with E-state index < -0.39 is 5.91 Å². The lowest BCUT2D eigenvalue weighted by atomic mass is 10.1. The summed E-state index contributed by atoms with van der Waals surface area (Å²) < 4.78 is 0. The SMILES string of the molecule is Cc1cc(N2CCN(CC(=O)Nc3ccccc3C(N)=O)CC2)nc(C)n1. The molecule has 0 atom stereocenters. The number of aromatic nitrogens is 2. The zero-order valence-electron chi connectivity index (χ0n) is 15.6. The molecule has 0 radical (unpaired) electrons. The topological polar surface area (TPSA) is 104 Å². The minimum Gasteiger partial charge on any atom is -0.366 e. The molecule has 0 saturated carbocycles. The molecule has 1 saturated heterocycles. The van der Waals surface area contributed by atoms with Crippen LogP contribution in [0, 0.1) is 13.8 Å².